The zero-order valence-electron chi connectivity index (χ0n) is 16.0. The van der Waals surface area contributed by atoms with E-state index >= 15 is 0 Å². The highest BCUT2D eigenvalue weighted by Crippen LogP contribution is 2.41. The number of hydrogen-bond acceptors (Lipinski definition) is 5. The molecule has 2 aromatic carbocycles. The number of benzene rings is 2. The van der Waals surface area contributed by atoms with Gasteiger partial charge in [0.2, 0.25) is 0 Å². The van der Waals surface area contributed by atoms with E-state index in [9.17, 15) is 22.8 Å². The van der Waals surface area contributed by atoms with Gasteiger partial charge in [-0.05, 0) is 36.2 Å². The number of hydrogen-bond donors (Lipinski definition) is 0. The predicted octanol–water partition coefficient (Wildman–Crippen LogP) is 6.06. The Hall–Kier alpha value is -2.16. The maximum atomic E-state index is 12.9. The third kappa shape index (κ3) is 7.48. The Morgan fingerprint density at radius 1 is 1.10 bits per heavy atom. The Morgan fingerprint density at radius 3 is 2.32 bits per heavy atom. The van der Waals surface area contributed by atoms with Crippen LogP contribution in [0.3, 0.4) is 0 Å². The van der Waals surface area contributed by atoms with Crippen LogP contribution in [-0.4, -0.2) is 31.0 Å². The lowest BCUT2D eigenvalue weighted by molar-refractivity contribution is -0.147. The molecule has 2 rings (SSSR count). The van der Waals surface area contributed by atoms with Gasteiger partial charge in [0.25, 0.3) is 0 Å². The molecule has 0 spiro atoms. The minimum atomic E-state index is -4.60. The van der Waals surface area contributed by atoms with Gasteiger partial charge in [-0.3, -0.25) is 9.59 Å². The SMILES string of the molecule is COC(=O)CCOC(=O)C(Cl)Cc1cccc(Oc2c(Cl)cc(C(F)(F)F)cc2Cl)c1. The molecule has 31 heavy (non-hydrogen) atoms. The van der Waals surface area contributed by atoms with E-state index in [4.69, 9.17) is 44.3 Å². The molecule has 11 heteroatoms. The van der Waals surface area contributed by atoms with Crippen molar-refractivity contribution in [2.75, 3.05) is 13.7 Å². The van der Waals surface area contributed by atoms with Crippen molar-refractivity contribution in [2.45, 2.75) is 24.4 Å². The van der Waals surface area contributed by atoms with Crippen LogP contribution in [0.15, 0.2) is 36.4 Å². The first-order valence-electron chi connectivity index (χ1n) is 8.71. The Morgan fingerprint density at radius 2 is 1.74 bits per heavy atom. The second-order valence-corrected chi connectivity index (χ2v) is 7.52. The van der Waals surface area contributed by atoms with Crippen molar-refractivity contribution in [2.24, 2.45) is 0 Å². The predicted molar refractivity (Wildman–Crippen MR) is 109 cm³/mol. The number of alkyl halides is 4. The maximum absolute atomic E-state index is 12.9. The van der Waals surface area contributed by atoms with Crippen LogP contribution in [0.25, 0.3) is 0 Å². The van der Waals surface area contributed by atoms with E-state index in [-0.39, 0.29) is 41.0 Å². The van der Waals surface area contributed by atoms with Crippen LogP contribution in [-0.2, 0) is 31.7 Å². The van der Waals surface area contributed by atoms with Gasteiger partial charge in [0.05, 0.1) is 29.1 Å². The fourth-order valence-corrected chi connectivity index (χ4v) is 3.20. The molecule has 0 aliphatic heterocycles. The molecule has 1 unspecified atom stereocenters. The van der Waals surface area contributed by atoms with Gasteiger partial charge in [-0.2, -0.15) is 13.2 Å². The van der Waals surface area contributed by atoms with Crippen molar-refractivity contribution in [1.29, 1.82) is 0 Å². The summed E-state index contributed by atoms with van der Waals surface area (Å²) >= 11 is 17.9. The number of carbonyl (C=O) groups is 2. The first-order chi connectivity index (χ1) is 14.5. The Labute approximate surface area is 190 Å². The summed E-state index contributed by atoms with van der Waals surface area (Å²) in [6, 6.07) is 7.76. The standard InChI is InChI=1S/C20H16Cl3F3O5/c1-29-17(27)5-6-30-19(28)16(23)8-11-3-2-4-13(7-11)31-18-14(21)9-12(10-15(18)22)20(24,25)26/h2-4,7,9-10,16H,5-6,8H2,1H3. The van der Waals surface area contributed by atoms with E-state index in [1.54, 1.807) is 12.1 Å². The highest BCUT2D eigenvalue weighted by Gasteiger charge is 2.32. The molecule has 0 amide bonds. The molecule has 168 valence electrons. The first-order valence-corrected chi connectivity index (χ1v) is 9.91. The van der Waals surface area contributed by atoms with Gasteiger partial charge in [0.1, 0.15) is 17.7 Å². The van der Waals surface area contributed by atoms with E-state index in [1.807, 2.05) is 0 Å². The maximum Gasteiger partial charge on any atom is 0.416 e. The average molecular weight is 500 g/mol. The molecule has 0 saturated carbocycles. The van der Waals surface area contributed by atoms with Crippen LogP contribution in [0, 0.1) is 0 Å². The third-order valence-electron chi connectivity index (χ3n) is 3.89. The second-order valence-electron chi connectivity index (χ2n) is 6.18. The van der Waals surface area contributed by atoms with Gasteiger partial charge in [-0.1, -0.05) is 35.3 Å². The smallest absolute Gasteiger partial charge is 0.416 e. The van der Waals surface area contributed by atoms with E-state index in [0.717, 1.165) is 0 Å². The fraction of sp³-hybridized carbons (Fsp3) is 0.300. The molecule has 0 aromatic heterocycles. The minimum Gasteiger partial charge on any atom is -0.469 e. The Bertz CT molecular complexity index is 927. The van der Waals surface area contributed by atoms with Crippen LogP contribution < -0.4 is 4.74 Å². The molecular weight excluding hydrogens is 484 g/mol. The fourth-order valence-electron chi connectivity index (χ4n) is 2.39. The zero-order chi connectivity index (χ0) is 23.2. The monoisotopic (exact) mass is 498 g/mol. The number of carbonyl (C=O) groups excluding carboxylic acids is 2. The van der Waals surface area contributed by atoms with Crippen molar-refractivity contribution in [1.82, 2.24) is 0 Å². The van der Waals surface area contributed by atoms with E-state index in [0.29, 0.717) is 17.7 Å². The minimum absolute atomic E-state index is 0.0737. The lowest BCUT2D eigenvalue weighted by Crippen LogP contribution is -2.21. The zero-order valence-corrected chi connectivity index (χ0v) is 18.2. The van der Waals surface area contributed by atoms with E-state index < -0.39 is 29.1 Å². The lowest BCUT2D eigenvalue weighted by Gasteiger charge is -2.14. The molecule has 0 aliphatic rings. The van der Waals surface area contributed by atoms with Crippen molar-refractivity contribution in [3.63, 3.8) is 0 Å². The Kier molecular flexibility index (Phi) is 8.85. The third-order valence-corrected chi connectivity index (χ3v) is 4.79. The average Bonchev–Trinajstić information content (AvgIpc) is 2.69. The number of halogens is 6. The molecule has 0 radical (unpaired) electrons. The van der Waals surface area contributed by atoms with Gasteiger partial charge in [-0.15, -0.1) is 11.6 Å². The van der Waals surface area contributed by atoms with Crippen LogP contribution in [0.2, 0.25) is 10.0 Å². The van der Waals surface area contributed by atoms with Gasteiger partial charge in [-0.25, -0.2) is 0 Å². The summed E-state index contributed by atoms with van der Waals surface area (Å²) in [5, 5.41) is -1.66. The molecule has 0 saturated heterocycles. The van der Waals surface area contributed by atoms with Gasteiger partial charge in [0, 0.05) is 0 Å². The second kappa shape index (κ2) is 10.9. The number of methoxy groups -OCH3 is 1. The summed E-state index contributed by atoms with van der Waals surface area (Å²) in [5.74, 6) is -1.16. The summed E-state index contributed by atoms with van der Waals surface area (Å²) in [5.41, 5.74) is -0.416. The van der Waals surface area contributed by atoms with Crippen molar-refractivity contribution in [3.8, 4) is 11.5 Å². The summed E-state index contributed by atoms with van der Waals surface area (Å²) in [6.45, 7) is -0.164. The first kappa shape index (κ1) is 25.1. The number of esters is 2. The summed E-state index contributed by atoms with van der Waals surface area (Å²) in [6.07, 6.45) is -4.62. The highest BCUT2D eigenvalue weighted by atomic mass is 35.5. The molecular formula is C20H16Cl3F3O5. The van der Waals surface area contributed by atoms with Crippen molar-refractivity contribution >= 4 is 46.7 Å². The Balaban J connectivity index is 2.06. The van der Waals surface area contributed by atoms with Gasteiger partial charge < -0.3 is 14.2 Å². The summed E-state index contributed by atoms with van der Waals surface area (Å²) in [4.78, 5) is 23.0. The summed E-state index contributed by atoms with van der Waals surface area (Å²) in [7, 11) is 1.22. The topological polar surface area (TPSA) is 61.8 Å². The van der Waals surface area contributed by atoms with Crippen molar-refractivity contribution in [3.05, 3.63) is 57.6 Å². The highest BCUT2D eigenvalue weighted by molar-refractivity contribution is 6.37. The largest absolute Gasteiger partial charge is 0.469 e. The quantitative estimate of drug-likeness (QED) is 0.326. The molecule has 2 aromatic rings. The van der Waals surface area contributed by atoms with Gasteiger partial charge >= 0.3 is 18.1 Å². The molecule has 0 bridgehead atoms. The molecule has 0 N–H and O–H groups in total. The van der Waals surface area contributed by atoms with Crippen LogP contribution >= 0.6 is 34.8 Å². The normalized spacial score (nSPS) is 12.2. The van der Waals surface area contributed by atoms with Crippen LogP contribution in [0.5, 0.6) is 11.5 Å². The summed E-state index contributed by atoms with van der Waals surface area (Å²) < 4.78 is 53.5. The number of rotatable bonds is 8. The van der Waals surface area contributed by atoms with Crippen LogP contribution in [0.1, 0.15) is 17.5 Å². The molecule has 1 atom stereocenters. The van der Waals surface area contributed by atoms with Crippen LogP contribution in [0.4, 0.5) is 13.2 Å². The molecule has 0 aliphatic carbocycles. The van der Waals surface area contributed by atoms with E-state index in [2.05, 4.69) is 4.74 Å². The van der Waals surface area contributed by atoms with E-state index in [1.165, 1.54) is 19.2 Å². The van der Waals surface area contributed by atoms with Gasteiger partial charge in [0.15, 0.2) is 5.75 Å². The molecule has 0 fully saturated rings. The molecule has 5 nitrogen and oxygen atoms in total. The molecule has 0 heterocycles. The lowest BCUT2D eigenvalue weighted by atomic mass is 10.1. The number of ether oxygens (including phenoxy) is 3. The van der Waals surface area contributed by atoms with Crippen molar-refractivity contribution < 1.29 is 37.0 Å².